The van der Waals surface area contributed by atoms with E-state index in [0.29, 0.717) is 17.1 Å². The van der Waals surface area contributed by atoms with Crippen molar-refractivity contribution in [2.75, 3.05) is 16.8 Å². The second-order valence-corrected chi connectivity index (χ2v) is 17.1. The number of nitrogens with zero attached hydrogens (tertiary/aromatic N) is 1. The highest BCUT2D eigenvalue weighted by Crippen LogP contribution is 2.69. The summed E-state index contributed by atoms with van der Waals surface area (Å²) >= 11 is 6.34. The van der Waals surface area contributed by atoms with Crippen molar-refractivity contribution in [2.24, 2.45) is 34.7 Å². The number of sulfonamides is 1. The Morgan fingerprint density at radius 3 is 2.42 bits per heavy atom. The van der Waals surface area contributed by atoms with Crippen LogP contribution in [0.5, 0.6) is 5.75 Å². The molecule has 8 rings (SSSR count). The van der Waals surface area contributed by atoms with Gasteiger partial charge in [-0.3, -0.25) is 24.1 Å². The summed E-state index contributed by atoms with van der Waals surface area (Å²) in [5.41, 5.74) is 1.73. The van der Waals surface area contributed by atoms with Gasteiger partial charge >= 0.3 is 4.87 Å². The molecular weight excluding hydrogens is 740 g/mol. The van der Waals surface area contributed by atoms with E-state index in [1.807, 2.05) is 30.3 Å². The Bertz CT molecular complexity index is 2160. The van der Waals surface area contributed by atoms with Gasteiger partial charge in [0.05, 0.1) is 27.4 Å². The quantitative estimate of drug-likeness (QED) is 0.231. The summed E-state index contributed by atoms with van der Waals surface area (Å²) in [6, 6.07) is 20.1. The van der Waals surface area contributed by atoms with Crippen LogP contribution in [0.1, 0.15) is 22.8 Å². The van der Waals surface area contributed by atoms with Crippen molar-refractivity contribution in [3.05, 3.63) is 97.4 Å². The number of para-hydroxylation sites is 1. The number of aromatic amines is 1. The molecule has 3 aromatic carbocycles. The van der Waals surface area contributed by atoms with Crippen LogP contribution in [0.4, 0.5) is 11.4 Å². The van der Waals surface area contributed by atoms with Crippen molar-refractivity contribution in [2.45, 2.75) is 27.5 Å². The fraction of sp³-hybridized carbons (Fsp3) is 0.273. The van der Waals surface area contributed by atoms with Crippen molar-refractivity contribution in [1.82, 2.24) is 4.98 Å². The van der Waals surface area contributed by atoms with E-state index in [1.54, 1.807) is 30.0 Å². The number of amides is 3. The zero-order valence-corrected chi connectivity index (χ0v) is 28.9. The number of primary sulfonamides is 1. The summed E-state index contributed by atoms with van der Waals surface area (Å²) in [6.07, 6.45) is 0.740. The number of halogens is 1. The topological polar surface area (TPSA) is 169 Å². The number of rotatable bonds is 7. The minimum Gasteiger partial charge on any atom is -0.483 e. The third-order valence-corrected chi connectivity index (χ3v) is 13.9. The van der Waals surface area contributed by atoms with Crippen LogP contribution in [0.2, 0.25) is 0 Å². The molecule has 1 saturated heterocycles. The maximum Gasteiger partial charge on any atom is 0.305 e. The maximum atomic E-state index is 14.0. The number of thiazole rings is 1. The molecule has 7 atom stereocenters. The Hall–Kier alpha value is -3.76. The summed E-state index contributed by atoms with van der Waals surface area (Å²) in [6.45, 7) is -0.340. The fourth-order valence-corrected chi connectivity index (χ4v) is 11.9. The Morgan fingerprint density at radius 1 is 1.00 bits per heavy atom. The van der Waals surface area contributed by atoms with Crippen molar-refractivity contribution in [3.8, 4) is 5.75 Å². The first-order valence-electron chi connectivity index (χ1n) is 15.2. The Labute approximate surface area is 291 Å². The van der Waals surface area contributed by atoms with E-state index in [1.165, 1.54) is 29.2 Å². The summed E-state index contributed by atoms with van der Waals surface area (Å²) in [4.78, 5) is 58.5. The lowest BCUT2D eigenvalue weighted by Gasteiger charge is -2.43. The number of nitrogens with one attached hydrogen (secondary N) is 2. The average molecular weight is 768 g/mol. The predicted octanol–water partition coefficient (Wildman–Crippen LogP) is 4.54. The maximum absolute atomic E-state index is 14.0. The van der Waals surface area contributed by atoms with Crippen LogP contribution in [0.15, 0.2) is 92.0 Å². The number of fused-ring (bicyclic) bond motifs is 9. The summed E-state index contributed by atoms with van der Waals surface area (Å²) in [7, 11) is -3.87. The third-order valence-electron chi connectivity index (χ3n) is 9.87. The first kappa shape index (κ1) is 31.5. The van der Waals surface area contributed by atoms with Gasteiger partial charge in [0.2, 0.25) is 21.8 Å². The number of carbonyl (C=O) groups is 3. The molecule has 246 valence electrons. The number of imide groups is 1. The number of ether oxygens (including phenoxy) is 1. The number of hydrogen-bond donors (Lipinski definition) is 3. The van der Waals surface area contributed by atoms with E-state index >= 15 is 0 Å². The molecule has 2 bridgehead atoms. The van der Waals surface area contributed by atoms with Gasteiger partial charge in [0.1, 0.15) is 5.75 Å². The molecule has 0 radical (unpaired) electrons. The highest BCUT2D eigenvalue weighted by atomic mass is 79.9. The molecule has 4 aliphatic rings. The molecule has 48 heavy (non-hydrogen) atoms. The Kier molecular flexibility index (Phi) is 7.67. The van der Waals surface area contributed by atoms with Gasteiger partial charge in [-0.2, -0.15) is 0 Å². The highest BCUT2D eigenvalue weighted by Gasteiger charge is 2.69. The van der Waals surface area contributed by atoms with Crippen LogP contribution in [0.3, 0.4) is 0 Å². The lowest BCUT2D eigenvalue weighted by molar-refractivity contribution is -0.123. The second-order valence-electron chi connectivity index (χ2n) is 12.4. The minimum atomic E-state index is -3.87. The van der Waals surface area contributed by atoms with Gasteiger partial charge in [-0.15, -0.1) is 11.8 Å². The monoisotopic (exact) mass is 766 g/mol. The van der Waals surface area contributed by atoms with Gasteiger partial charge in [0.25, 0.3) is 5.91 Å². The van der Waals surface area contributed by atoms with Crippen molar-refractivity contribution in [3.63, 3.8) is 0 Å². The Morgan fingerprint density at radius 2 is 1.71 bits per heavy atom. The van der Waals surface area contributed by atoms with E-state index in [2.05, 4.69) is 26.2 Å². The normalized spacial score (nSPS) is 27.0. The van der Waals surface area contributed by atoms with Crippen LogP contribution >= 0.6 is 39.0 Å². The minimum absolute atomic E-state index is 0.0121. The largest absolute Gasteiger partial charge is 0.483 e. The molecule has 4 unspecified atom stereocenters. The molecule has 1 aromatic heterocycles. The lowest BCUT2D eigenvalue weighted by atomic mass is 9.68. The number of hydrogen-bond acceptors (Lipinski definition) is 9. The van der Waals surface area contributed by atoms with Crippen LogP contribution in [-0.4, -0.2) is 43.0 Å². The molecule has 2 saturated carbocycles. The van der Waals surface area contributed by atoms with Gasteiger partial charge in [0.15, 0.2) is 6.61 Å². The van der Waals surface area contributed by atoms with Crippen molar-refractivity contribution in [1.29, 1.82) is 0 Å². The molecule has 3 amide bonds. The molecule has 3 fully saturated rings. The Balaban J connectivity index is 1.11. The van der Waals surface area contributed by atoms with Crippen LogP contribution in [-0.2, 0) is 24.4 Å². The highest BCUT2D eigenvalue weighted by molar-refractivity contribution is 9.10. The average Bonchev–Trinajstić information content (AvgIpc) is 3.79. The number of carbonyl (C=O) groups excluding carboxylic acids is 3. The fourth-order valence-electron chi connectivity index (χ4n) is 8.16. The van der Waals surface area contributed by atoms with E-state index in [0.717, 1.165) is 37.7 Å². The summed E-state index contributed by atoms with van der Waals surface area (Å²) in [5, 5.41) is 8.62. The molecule has 3 heterocycles. The van der Waals surface area contributed by atoms with E-state index in [9.17, 15) is 27.6 Å². The number of benzene rings is 3. The van der Waals surface area contributed by atoms with Gasteiger partial charge < -0.3 is 15.0 Å². The standard InChI is InChI=1S/C33H27BrN4O7S3/c34-15-6-11-22(45-14-23(39)36-16-7-9-18(10-8-16)48(35,43)44)19(12-15)24-25-20-13-21(28(25)46-30-29(24)47-33(42)37-30)27-26(20)31(40)38(32(27)41)17-4-2-1-3-5-17/h1-12,20-21,24-28H,13-14H2,(H,36,39)(H,37,42)(H2,35,43,44)/t20-,21-,24-,25?,26?,27?,28?/m1/s1. The van der Waals surface area contributed by atoms with Gasteiger partial charge in [0, 0.05) is 31.8 Å². The van der Waals surface area contributed by atoms with Gasteiger partial charge in [-0.1, -0.05) is 45.5 Å². The molecule has 2 aliphatic heterocycles. The molecule has 4 aromatic rings. The van der Waals surface area contributed by atoms with Gasteiger partial charge in [-0.25, -0.2) is 13.6 Å². The van der Waals surface area contributed by atoms with Crippen LogP contribution in [0.25, 0.3) is 0 Å². The summed E-state index contributed by atoms with van der Waals surface area (Å²) < 4.78 is 30.1. The number of H-pyrrole nitrogens is 1. The molecule has 15 heteroatoms. The molecule has 2 aliphatic carbocycles. The van der Waals surface area contributed by atoms with Crippen LogP contribution in [0, 0.1) is 29.6 Å². The SMILES string of the molecule is NS(=O)(=O)c1ccc(NC(=O)COc2ccc(Br)cc2[C@H]2c3sc(=O)[nH]c3SC3C2[C@H]2C[C@@H]3C3C(=O)N(c4ccccc4)C(=O)C32)cc1. The molecule has 0 spiro atoms. The third kappa shape index (κ3) is 5.14. The molecule has 4 N–H and O–H groups in total. The molecular formula is C33H27BrN4O7S3. The smallest absolute Gasteiger partial charge is 0.305 e. The number of aromatic nitrogens is 1. The number of nitrogens with two attached hydrogens (primary N) is 1. The van der Waals surface area contributed by atoms with E-state index in [4.69, 9.17) is 9.88 Å². The van der Waals surface area contributed by atoms with E-state index < -0.39 is 27.8 Å². The van der Waals surface area contributed by atoms with E-state index in [-0.39, 0.29) is 57.1 Å². The zero-order valence-electron chi connectivity index (χ0n) is 24.9. The predicted molar refractivity (Wildman–Crippen MR) is 184 cm³/mol. The first-order chi connectivity index (χ1) is 23.0. The second kappa shape index (κ2) is 11.7. The van der Waals surface area contributed by atoms with Crippen molar-refractivity contribution >= 4 is 78.1 Å². The lowest BCUT2D eigenvalue weighted by Crippen LogP contribution is -2.42. The van der Waals surface area contributed by atoms with Gasteiger partial charge in [-0.05, 0) is 78.8 Å². The first-order valence-corrected chi connectivity index (χ1v) is 19.2. The van der Waals surface area contributed by atoms with Crippen LogP contribution < -0.4 is 25.0 Å². The summed E-state index contributed by atoms with van der Waals surface area (Å²) in [5.74, 6) is -1.70. The zero-order chi connectivity index (χ0) is 33.5. The number of anilines is 2. The number of thioether (sulfide) groups is 1. The molecule has 11 nitrogen and oxygen atoms in total. The van der Waals surface area contributed by atoms with Crippen molar-refractivity contribution < 1.29 is 27.5 Å².